The third-order valence-corrected chi connectivity index (χ3v) is 2.61. The number of hydrogen-bond acceptors (Lipinski definition) is 3. The highest BCUT2D eigenvalue weighted by molar-refractivity contribution is 7.84. The van der Waals surface area contributed by atoms with E-state index in [1.54, 1.807) is 18.4 Å². The Morgan fingerprint density at radius 1 is 1.40 bits per heavy atom. The van der Waals surface area contributed by atoms with Crippen LogP contribution in [0.25, 0.3) is 0 Å². The molecule has 0 aliphatic rings. The molecule has 1 aromatic carbocycles. The lowest BCUT2D eigenvalue weighted by molar-refractivity contribution is 0.136. The first-order valence-electron chi connectivity index (χ1n) is 4.59. The largest absolute Gasteiger partial charge is 0.376 e. The van der Waals surface area contributed by atoms with Crippen LogP contribution in [0.5, 0.6) is 0 Å². The van der Waals surface area contributed by atoms with Gasteiger partial charge in [0.05, 0.1) is 24.8 Å². The minimum atomic E-state index is -0.797. The Morgan fingerprint density at radius 2 is 2.07 bits per heavy atom. The number of nitriles is 1. The zero-order valence-corrected chi connectivity index (χ0v) is 9.42. The molecule has 0 bridgehead atoms. The molecule has 1 unspecified atom stereocenters. The quantitative estimate of drug-likeness (QED) is 0.710. The molecule has 0 spiro atoms. The van der Waals surface area contributed by atoms with Gasteiger partial charge in [0, 0.05) is 22.8 Å². The summed E-state index contributed by atoms with van der Waals surface area (Å²) < 4.78 is 16.1. The SMILES string of the molecule is CS(=O)CCOCc1ccc(C#N)cc1. The van der Waals surface area contributed by atoms with Crippen molar-refractivity contribution in [3.63, 3.8) is 0 Å². The van der Waals surface area contributed by atoms with Crippen molar-refractivity contribution >= 4 is 10.8 Å². The van der Waals surface area contributed by atoms with Crippen LogP contribution in [0, 0.1) is 11.3 Å². The molecule has 1 rings (SSSR count). The van der Waals surface area contributed by atoms with Crippen molar-refractivity contribution in [3.8, 4) is 6.07 Å². The smallest absolute Gasteiger partial charge is 0.0991 e. The van der Waals surface area contributed by atoms with Crippen molar-refractivity contribution in [2.24, 2.45) is 0 Å². The first-order chi connectivity index (χ1) is 7.22. The van der Waals surface area contributed by atoms with Crippen LogP contribution in [-0.2, 0) is 22.1 Å². The Morgan fingerprint density at radius 3 is 2.60 bits per heavy atom. The summed E-state index contributed by atoms with van der Waals surface area (Å²) in [7, 11) is -0.797. The molecule has 1 atom stereocenters. The summed E-state index contributed by atoms with van der Waals surface area (Å²) in [6.07, 6.45) is 1.66. The molecule has 1 aromatic rings. The molecule has 0 aromatic heterocycles. The summed E-state index contributed by atoms with van der Waals surface area (Å²) in [6.45, 7) is 1.01. The van der Waals surface area contributed by atoms with Gasteiger partial charge in [-0.3, -0.25) is 4.21 Å². The monoisotopic (exact) mass is 223 g/mol. The first kappa shape index (κ1) is 11.9. The summed E-state index contributed by atoms with van der Waals surface area (Å²) in [4.78, 5) is 0. The van der Waals surface area contributed by atoms with Gasteiger partial charge in [0.2, 0.25) is 0 Å². The molecule has 0 fully saturated rings. The van der Waals surface area contributed by atoms with E-state index in [4.69, 9.17) is 10.00 Å². The molecule has 3 nitrogen and oxygen atoms in total. The van der Waals surface area contributed by atoms with Crippen molar-refractivity contribution in [2.45, 2.75) is 6.61 Å². The topological polar surface area (TPSA) is 50.1 Å². The maximum Gasteiger partial charge on any atom is 0.0991 e. The summed E-state index contributed by atoms with van der Waals surface area (Å²) in [5.74, 6) is 0.566. The van der Waals surface area contributed by atoms with Crippen LogP contribution >= 0.6 is 0 Å². The van der Waals surface area contributed by atoms with Crippen molar-refractivity contribution in [1.29, 1.82) is 5.26 Å². The molecule has 0 N–H and O–H groups in total. The molecule has 80 valence electrons. The van der Waals surface area contributed by atoms with Crippen LogP contribution in [0.1, 0.15) is 11.1 Å². The average Bonchev–Trinajstić information content (AvgIpc) is 2.25. The predicted octanol–water partition coefficient (Wildman–Crippen LogP) is 1.45. The first-order valence-corrected chi connectivity index (χ1v) is 6.32. The molecular weight excluding hydrogens is 210 g/mol. The Hall–Kier alpha value is -1.18. The van der Waals surface area contributed by atoms with Gasteiger partial charge in [-0.15, -0.1) is 0 Å². The summed E-state index contributed by atoms with van der Waals surface area (Å²) >= 11 is 0. The van der Waals surface area contributed by atoms with Crippen LogP contribution in [0.2, 0.25) is 0 Å². The van der Waals surface area contributed by atoms with Gasteiger partial charge in [-0.25, -0.2) is 0 Å². The molecule has 0 saturated carbocycles. The van der Waals surface area contributed by atoms with Crippen molar-refractivity contribution in [3.05, 3.63) is 35.4 Å². The highest BCUT2D eigenvalue weighted by Crippen LogP contribution is 2.04. The normalized spacial score (nSPS) is 12.0. The highest BCUT2D eigenvalue weighted by Gasteiger charge is 1.95. The van der Waals surface area contributed by atoms with Gasteiger partial charge in [-0.1, -0.05) is 12.1 Å². The number of nitrogens with zero attached hydrogens (tertiary/aromatic N) is 1. The molecule has 15 heavy (non-hydrogen) atoms. The van der Waals surface area contributed by atoms with Crippen LogP contribution in [0.15, 0.2) is 24.3 Å². The molecule has 0 heterocycles. The number of hydrogen-bond donors (Lipinski definition) is 0. The highest BCUT2D eigenvalue weighted by atomic mass is 32.2. The standard InChI is InChI=1S/C11H13NO2S/c1-15(13)7-6-14-9-11-4-2-10(8-12)3-5-11/h2-5H,6-7,9H2,1H3. The summed E-state index contributed by atoms with van der Waals surface area (Å²) in [5, 5.41) is 8.59. The number of benzene rings is 1. The molecule has 4 heteroatoms. The van der Waals surface area contributed by atoms with Crippen LogP contribution in [0.4, 0.5) is 0 Å². The third kappa shape index (κ3) is 4.73. The number of rotatable bonds is 5. The Labute approximate surface area is 92.1 Å². The van der Waals surface area contributed by atoms with Crippen LogP contribution in [-0.4, -0.2) is 22.8 Å². The Bertz CT molecular complexity index is 367. The number of ether oxygens (including phenoxy) is 1. The Balaban J connectivity index is 2.32. The lowest BCUT2D eigenvalue weighted by atomic mass is 10.2. The molecular formula is C11H13NO2S. The molecule has 0 amide bonds. The Kier molecular flexibility index (Phi) is 5.02. The van der Waals surface area contributed by atoms with Gasteiger partial charge >= 0.3 is 0 Å². The van der Waals surface area contributed by atoms with E-state index in [0.717, 1.165) is 5.56 Å². The zero-order valence-electron chi connectivity index (χ0n) is 8.60. The van der Waals surface area contributed by atoms with Crippen LogP contribution < -0.4 is 0 Å². The fourth-order valence-corrected chi connectivity index (χ4v) is 1.39. The maximum absolute atomic E-state index is 10.7. The predicted molar refractivity (Wildman–Crippen MR) is 59.7 cm³/mol. The van der Waals surface area contributed by atoms with Gasteiger partial charge in [0.15, 0.2) is 0 Å². The van der Waals surface area contributed by atoms with Gasteiger partial charge < -0.3 is 4.74 Å². The third-order valence-electron chi connectivity index (χ3n) is 1.87. The average molecular weight is 223 g/mol. The second kappa shape index (κ2) is 6.33. The van der Waals surface area contributed by atoms with E-state index in [1.807, 2.05) is 12.1 Å². The maximum atomic E-state index is 10.7. The van der Waals surface area contributed by atoms with Gasteiger partial charge in [-0.2, -0.15) is 5.26 Å². The fraction of sp³-hybridized carbons (Fsp3) is 0.364. The van der Waals surface area contributed by atoms with E-state index in [-0.39, 0.29) is 0 Å². The van der Waals surface area contributed by atoms with E-state index in [0.29, 0.717) is 24.5 Å². The summed E-state index contributed by atoms with van der Waals surface area (Å²) in [6, 6.07) is 9.30. The molecule has 0 saturated heterocycles. The lowest BCUT2D eigenvalue weighted by Crippen LogP contribution is -2.04. The van der Waals surface area contributed by atoms with E-state index >= 15 is 0 Å². The zero-order chi connectivity index (χ0) is 11.1. The van der Waals surface area contributed by atoms with Gasteiger partial charge in [0.25, 0.3) is 0 Å². The second-order valence-corrected chi connectivity index (χ2v) is 4.69. The van der Waals surface area contributed by atoms with E-state index in [1.165, 1.54) is 0 Å². The minimum absolute atomic E-state index is 0.503. The van der Waals surface area contributed by atoms with Gasteiger partial charge in [-0.05, 0) is 17.7 Å². The van der Waals surface area contributed by atoms with Gasteiger partial charge in [0.1, 0.15) is 0 Å². The van der Waals surface area contributed by atoms with Crippen molar-refractivity contribution < 1.29 is 8.95 Å². The van der Waals surface area contributed by atoms with E-state index in [9.17, 15) is 4.21 Å². The second-order valence-electron chi connectivity index (χ2n) is 3.14. The van der Waals surface area contributed by atoms with Crippen molar-refractivity contribution in [2.75, 3.05) is 18.6 Å². The molecule has 0 aliphatic carbocycles. The fourth-order valence-electron chi connectivity index (χ4n) is 1.04. The summed E-state index contributed by atoms with van der Waals surface area (Å²) in [5.41, 5.74) is 1.67. The molecule has 0 radical (unpaired) electrons. The lowest BCUT2D eigenvalue weighted by Gasteiger charge is -2.02. The van der Waals surface area contributed by atoms with E-state index < -0.39 is 10.8 Å². The van der Waals surface area contributed by atoms with Crippen molar-refractivity contribution in [1.82, 2.24) is 0 Å². The minimum Gasteiger partial charge on any atom is -0.376 e. The van der Waals surface area contributed by atoms with Crippen LogP contribution in [0.3, 0.4) is 0 Å². The van der Waals surface area contributed by atoms with E-state index in [2.05, 4.69) is 6.07 Å². The molecule has 0 aliphatic heterocycles.